The molecule has 1 fully saturated rings. The normalized spacial score (nSPS) is 20.9. The van der Waals surface area contributed by atoms with Crippen LogP contribution in [0.2, 0.25) is 0 Å². The third-order valence-electron chi connectivity index (χ3n) is 3.51. The van der Waals surface area contributed by atoms with Gasteiger partial charge in [0.2, 0.25) is 11.8 Å². The van der Waals surface area contributed by atoms with E-state index in [1.807, 2.05) is 0 Å². The molecule has 1 unspecified atom stereocenters. The molecule has 116 valence electrons. The molecule has 1 heterocycles. The van der Waals surface area contributed by atoms with Crippen molar-refractivity contribution in [3.05, 3.63) is 0 Å². The molecular formula is C13H24N2O4S. The smallest absolute Gasteiger partial charge is 0.232 e. The molecule has 0 aliphatic carbocycles. The summed E-state index contributed by atoms with van der Waals surface area (Å²) in [4.78, 5) is 24.9. The predicted molar refractivity (Wildman–Crippen MR) is 76.9 cm³/mol. The highest BCUT2D eigenvalue weighted by molar-refractivity contribution is 7.91. The lowest BCUT2D eigenvalue weighted by Crippen LogP contribution is -2.40. The first-order valence-electron chi connectivity index (χ1n) is 6.94. The van der Waals surface area contributed by atoms with E-state index in [4.69, 9.17) is 0 Å². The largest absolute Gasteiger partial charge is 0.356 e. The summed E-state index contributed by atoms with van der Waals surface area (Å²) in [7, 11) is -1.46. The molecule has 1 aliphatic rings. The third kappa shape index (κ3) is 5.48. The van der Waals surface area contributed by atoms with E-state index in [9.17, 15) is 18.0 Å². The van der Waals surface area contributed by atoms with Gasteiger partial charge in [-0.15, -0.1) is 0 Å². The quantitative estimate of drug-likeness (QED) is 0.710. The Labute approximate surface area is 120 Å². The predicted octanol–water partition coefficient (Wildman–Crippen LogP) is 0.184. The van der Waals surface area contributed by atoms with Crippen molar-refractivity contribution in [2.75, 3.05) is 25.1 Å². The number of nitrogens with zero attached hydrogens (tertiary/aromatic N) is 1. The van der Waals surface area contributed by atoms with Crippen molar-refractivity contribution in [3.63, 3.8) is 0 Å². The molecule has 2 amide bonds. The first kappa shape index (κ1) is 16.9. The molecule has 0 aromatic heterocycles. The monoisotopic (exact) mass is 304 g/mol. The number of rotatable bonds is 6. The van der Waals surface area contributed by atoms with Crippen LogP contribution in [-0.4, -0.2) is 56.3 Å². The second kappa shape index (κ2) is 7.06. The summed E-state index contributed by atoms with van der Waals surface area (Å²) in [6.45, 7) is 4.68. The van der Waals surface area contributed by atoms with Gasteiger partial charge in [-0.3, -0.25) is 9.59 Å². The zero-order valence-electron chi connectivity index (χ0n) is 12.4. The van der Waals surface area contributed by atoms with E-state index in [0.717, 1.165) is 6.42 Å². The summed E-state index contributed by atoms with van der Waals surface area (Å²) in [5.41, 5.74) is 0. The number of hydrogen-bond acceptors (Lipinski definition) is 4. The zero-order valence-corrected chi connectivity index (χ0v) is 13.2. The number of carbonyl (C=O) groups excluding carboxylic acids is 2. The lowest BCUT2D eigenvalue weighted by atomic mass is 10.1. The van der Waals surface area contributed by atoms with E-state index in [0.29, 0.717) is 18.9 Å². The van der Waals surface area contributed by atoms with Gasteiger partial charge in [-0.2, -0.15) is 0 Å². The van der Waals surface area contributed by atoms with Gasteiger partial charge in [-0.1, -0.05) is 13.8 Å². The van der Waals surface area contributed by atoms with Crippen molar-refractivity contribution < 1.29 is 18.0 Å². The van der Waals surface area contributed by atoms with Gasteiger partial charge in [0.1, 0.15) is 6.42 Å². The Kier molecular flexibility index (Phi) is 5.98. The van der Waals surface area contributed by atoms with Crippen LogP contribution in [0.4, 0.5) is 0 Å². The maximum absolute atomic E-state index is 11.9. The minimum atomic E-state index is -3.02. The summed E-state index contributed by atoms with van der Waals surface area (Å²) in [6.07, 6.45) is 1.11. The van der Waals surface area contributed by atoms with Crippen molar-refractivity contribution >= 4 is 21.7 Å². The molecule has 0 aromatic rings. The average molecular weight is 304 g/mol. The van der Waals surface area contributed by atoms with Gasteiger partial charge in [-0.25, -0.2) is 8.42 Å². The highest BCUT2D eigenvalue weighted by Gasteiger charge is 2.33. The van der Waals surface area contributed by atoms with Crippen molar-refractivity contribution in [2.45, 2.75) is 39.2 Å². The van der Waals surface area contributed by atoms with Crippen molar-refractivity contribution in [1.29, 1.82) is 0 Å². The van der Waals surface area contributed by atoms with Crippen LogP contribution in [-0.2, 0) is 19.4 Å². The van der Waals surface area contributed by atoms with E-state index < -0.39 is 9.84 Å². The van der Waals surface area contributed by atoms with E-state index in [1.165, 1.54) is 4.90 Å². The maximum Gasteiger partial charge on any atom is 0.232 e. The van der Waals surface area contributed by atoms with Gasteiger partial charge < -0.3 is 10.2 Å². The zero-order chi connectivity index (χ0) is 15.3. The minimum Gasteiger partial charge on any atom is -0.356 e. The molecule has 0 radical (unpaired) electrons. The minimum absolute atomic E-state index is 0.00418. The summed E-state index contributed by atoms with van der Waals surface area (Å²) < 4.78 is 22.8. The molecule has 1 saturated heterocycles. The van der Waals surface area contributed by atoms with E-state index in [-0.39, 0.29) is 35.8 Å². The van der Waals surface area contributed by atoms with Crippen molar-refractivity contribution in [1.82, 2.24) is 10.2 Å². The number of carbonyl (C=O) groups is 2. The van der Waals surface area contributed by atoms with Crippen LogP contribution in [0.25, 0.3) is 0 Å². The molecule has 7 heteroatoms. The fourth-order valence-electron chi connectivity index (χ4n) is 2.11. The van der Waals surface area contributed by atoms with Gasteiger partial charge in [0, 0.05) is 19.6 Å². The van der Waals surface area contributed by atoms with Crippen LogP contribution in [0.15, 0.2) is 0 Å². The third-order valence-corrected chi connectivity index (χ3v) is 5.26. The average Bonchev–Trinajstić information content (AvgIpc) is 2.68. The van der Waals surface area contributed by atoms with E-state index >= 15 is 0 Å². The second-order valence-electron chi connectivity index (χ2n) is 5.77. The lowest BCUT2D eigenvalue weighted by Gasteiger charge is -2.23. The van der Waals surface area contributed by atoms with Crippen LogP contribution in [0.5, 0.6) is 0 Å². The fourth-order valence-corrected chi connectivity index (χ4v) is 3.88. The van der Waals surface area contributed by atoms with Crippen LogP contribution in [0.3, 0.4) is 0 Å². The van der Waals surface area contributed by atoms with Gasteiger partial charge in [0.15, 0.2) is 9.84 Å². The standard InChI is InChI=1S/C13H24N2O4S/c1-10(2)4-6-14-12(16)8-13(17)15(3)11-5-7-20(18,19)9-11/h10-11H,4-9H2,1-3H3,(H,14,16). The Hall–Kier alpha value is -1.11. The molecular weight excluding hydrogens is 280 g/mol. The molecule has 0 saturated carbocycles. The highest BCUT2D eigenvalue weighted by Crippen LogP contribution is 2.17. The molecule has 1 aliphatic heterocycles. The first-order valence-corrected chi connectivity index (χ1v) is 8.76. The summed E-state index contributed by atoms with van der Waals surface area (Å²) >= 11 is 0. The molecule has 1 N–H and O–H groups in total. The maximum atomic E-state index is 11.9. The van der Waals surface area contributed by atoms with Gasteiger partial charge in [0.05, 0.1) is 11.5 Å². The van der Waals surface area contributed by atoms with Crippen molar-refractivity contribution in [3.8, 4) is 0 Å². The molecule has 6 nitrogen and oxygen atoms in total. The second-order valence-corrected chi connectivity index (χ2v) is 8.00. The van der Waals surface area contributed by atoms with E-state index in [2.05, 4.69) is 19.2 Å². The highest BCUT2D eigenvalue weighted by atomic mass is 32.2. The Bertz CT molecular complexity index is 459. The number of nitrogens with one attached hydrogen (secondary N) is 1. The fraction of sp³-hybridized carbons (Fsp3) is 0.846. The molecule has 1 atom stereocenters. The topological polar surface area (TPSA) is 83.6 Å². The first-order chi connectivity index (χ1) is 9.21. The summed E-state index contributed by atoms with van der Waals surface area (Å²) in [6, 6.07) is -0.295. The summed E-state index contributed by atoms with van der Waals surface area (Å²) in [5.74, 6) is -0.00467. The van der Waals surface area contributed by atoms with Crippen LogP contribution in [0.1, 0.15) is 33.1 Å². The number of hydrogen-bond donors (Lipinski definition) is 1. The molecule has 0 aromatic carbocycles. The van der Waals surface area contributed by atoms with Crippen LogP contribution < -0.4 is 5.32 Å². The summed E-state index contributed by atoms with van der Waals surface area (Å²) in [5, 5.41) is 2.70. The van der Waals surface area contributed by atoms with Crippen LogP contribution >= 0.6 is 0 Å². The Balaban J connectivity index is 2.36. The van der Waals surface area contributed by atoms with Gasteiger partial charge in [-0.05, 0) is 18.8 Å². The number of sulfone groups is 1. The number of amides is 2. The molecule has 0 spiro atoms. The molecule has 1 rings (SSSR count). The molecule has 0 bridgehead atoms. The SMILES string of the molecule is CC(C)CCNC(=O)CC(=O)N(C)C1CCS(=O)(=O)C1. The van der Waals surface area contributed by atoms with Crippen molar-refractivity contribution in [2.24, 2.45) is 5.92 Å². The van der Waals surface area contributed by atoms with E-state index in [1.54, 1.807) is 7.05 Å². The van der Waals surface area contributed by atoms with Gasteiger partial charge >= 0.3 is 0 Å². The van der Waals surface area contributed by atoms with Gasteiger partial charge in [0.25, 0.3) is 0 Å². The van der Waals surface area contributed by atoms with Crippen LogP contribution in [0, 0.1) is 5.92 Å². The Morgan fingerprint density at radius 2 is 2.00 bits per heavy atom. The lowest BCUT2D eigenvalue weighted by molar-refractivity contribution is -0.136. The Morgan fingerprint density at radius 1 is 1.35 bits per heavy atom. The molecule has 20 heavy (non-hydrogen) atoms. The Morgan fingerprint density at radius 3 is 2.50 bits per heavy atom.